The Hall–Kier alpha value is 0.744. The molecule has 0 heterocycles. The van der Waals surface area contributed by atoms with Gasteiger partial charge in [0.25, 0.3) is 8.53 Å². The van der Waals surface area contributed by atoms with E-state index in [2.05, 4.69) is 71.6 Å². The van der Waals surface area contributed by atoms with Crippen molar-refractivity contribution in [2.45, 2.75) is 91.1 Å². The highest BCUT2D eigenvalue weighted by atomic mass is 31.2. The van der Waals surface area contributed by atoms with E-state index in [0.717, 1.165) is 13.2 Å². The van der Waals surface area contributed by atoms with E-state index in [1.165, 1.54) is 12.1 Å². The van der Waals surface area contributed by atoms with E-state index in [1.807, 2.05) is 0 Å². The lowest BCUT2D eigenvalue weighted by Gasteiger charge is -2.36. The van der Waals surface area contributed by atoms with E-state index in [0.29, 0.717) is 12.1 Å². The summed E-state index contributed by atoms with van der Waals surface area (Å²) in [5, 5.41) is 0. The van der Waals surface area contributed by atoms with Crippen LogP contribution in [-0.2, 0) is 9.05 Å². The molecule has 0 unspecified atom stereocenters. The Bertz CT molecular complexity index is 274. The Balaban J connectivity index is 4.67. The Morgan fingerprint density at radius 3 is 1.27 bits per heavy atom. The molecule has 3 nitrogen and oxygen atoms in total. The van der Waals surface area contributed by atoms with Crippen molar-refractivity contribution in [1.29, 1.82) is 0 Å². The molecule has 0 aliphatic carbocycles. The van der Waals surface area contributed by atoms with Crippen LogP contribution in [0.15, 0.2) is 0 Å². The molecular weight excluding hydrogens is 325 g/mol. The summed E-state index contributed by atoms with van der Waals surface area (Å²) >= 11 is 0. The molecule has 22 heavy (non-hydrogen) atoms. The van der Waals surface area contributed by atoms with Gasteiger partial charge < -0.3 is 9.05 Å². The quantitative estimate of drug-likeness (QED) is 0.329. The molecule has 0 saturated carbocycles. The molecule has 0 aliphatic heterocycles. The van der Waals surface area contributed by atoms with Gasteiger partial charge in [-0.25, -0.2) is 4.67 Å². The van der Waals surface area contributed by atoms with Gasteiger partial charge in [-0.05, 0) is 39.8 Å². The minimum absolute atomic E-state index is 0.449. The van der Waals surface area contributed by atoms with Crippen LogP contribution in [-0.4, -0.2) is 46.1 Å². The molecular formula is C16H40NO2PSi2. The fourth-order valence-corrected chi connectivity index (χ4v) is 5.37. The maximum absolute atomic E-state index is 6.24. The molecule has 0 radical (unpaired) electrons. The molecule has 134 valence electrons. The maximum atomic E-state index is 6.24. The summed E-state index contributed by atoms with van der Waals surface area (Å²) in [4.78, 5) is 0. The first-order valence-electron chi connectivity index (χ1n) is 8.68. The van der Waals surface area contributed by atoms with Crippen molar-refractivity contribution >= 4 is 24.7 Å². The van der Waals surface area contributed by atoms with E-state index >= 15 is 0 Å². The molecule has 6 heteroatoms. The monoisotopic (exact) mass is 365 g/mol. The van der Waals surface area contributed by atoms with Crippen molar-refractivity contribution < 1.29 is 9.05 Å². The van der Waals surface area contributed by atoms with Gasteiger partial charge in [-0.1, -0.05) is 39.3 Å². The Kier molecular flexibility index (Phi) is 10.2. The minimum Gasteiger partial charge on any atom is -0.322 e. The van der Waals surface area contributed by atoms with Gasteiger partial charge in [-0.3, -0.25) is 0 Å². The summed E-state index contributed by atoms with van der Waals surface area (Å²) in [6, 6.07) is 3.30. The lowest BCUT2D eigenvalue weighted by molar-refractivity contribution is 0.184. The summed E-state index contributed by atoms with van der Waals surface area (Å²) in [6.45, 7) is 25.0. The lowest BCUT2D eigenvalue weighted by atomic mass is 10.3. The van der Waals surface area contributed by atoms with Crippen LogP contribution in [0.5, 0.6) is 0 Å². The highest BCUT2D eigenvalue weighted by molar-refractivity contribution is 7.44. The van der Waals surface area contributed by atoms with Crippen LogP contribution in [0.3, 0.4) is 0 Å². The standard InChI is InChI=1S/C16H40NO2PSi2/c1-15(2)17(16(3)4)20(18-11-13-21(5,6)7)19-12-14-22(8,9)10/h15-16H,11-14H2,1-10H3. The van der Waals surface area contributed by atoms with E-state index in [-0.39, 0.29) is 0 Å². The predicted molar refractivity (Wildman–Crippen MR) is 107 cm³/mol. The fraction of sp³-hybridized carbons (Fsp3) is 1.00. The summed E-state index contributed by atoms with van der Waals surface area (Å²) in [6.07, 6.45) is 0. The van der Waals surface area contributed by atoms with E-state index in [4.69, 9.17) is 9.05 Å². The average Bonchev–Trinajstić information content (AvgIpc) is 2.23. The molecule has 0 N–H and O–H groups in total. The average molecular weight is 366 g/mol. The molecule has 0 atom stereocenters. The van der Waals surface area contributed by atoms with Crippen molar-refractivity contribution in [2.75, 3.05) is 13.2 Å². The van der Waals surface area contributed by atoms with E-state index in [9.17, 15) is 0 Å². The van der Waals surface area contributed by atoms with E-state index in [1.54, 1.807) is 0 Å². The summed E-state index contributed by atoms with van der Waals surface area (Å²) in [5.41, 5.74) is 0. The third-order valence-electron chi connectivity index (χ3n) is 3.35. The third-order valence-corrected chi connectivity index (χ3v) is 8.87. The smallest absolute Gasteiger partial charge is 0.259 e. The molecule has 0 amide bonds. The van der Waals surface area contributed by atoms with Gasteiger partial charge in [-0.15, -0.1) is 0 Å². The molecule has 0 aliphatic rings. The second kappa shape index (κ2) is 9.90. The van der Waals surface area contributed by atoms with Gasteiger partial charge in [-0.2, -0.15) is 0 Å². The molecule has 0 bridgehead atoms. The summed E-state index contributed by atoms with van der Waals surface area (Å²) < 4.78 is 14.9. The first-order chi connectivity index (χ1) is 9.83. The van der Waals surface area contributed by atoms with Crippen LogP contribution in [0.1, 0.15) is 27.7 Å². The van der Waals surface area contributed by atoms with Gasteiger partial charge in [0.15, 0.2) is 0 Å². The van der Waals surface area contributed by atoms with Crippen LogP contribution in [0.2, 0.25) is 51.4 Å². The number of nitrogens with zero attached hydrogens (tertiary/aromatic N) is 1. The first-order valence-corrected chi connectivity index (χ1v) is 17.2. The van der Waals surface area contributed by atoms with Crippen LogP contribution < -0.4 is 0 Å². The van der Waals surface area contributed by atoms with Crippen molar-refractivity contribution in [3.05, 3.63) is 0 Å². The number of hydrogen-bond donors (Lipinski definition) is 0. The summed E-state index contributed by atoms with van der Waals surface area (Å²) in [7, 11) is -3.04. The van der Waals surface area contributed by atoms with Crippen LogP contribution in [0.25, 0.3) is 0 Å². The Morgan fingerprint density at radius 2 is 1.05 bits per heavy atom. The highest BCUT2D eigenvalue weighted by Gasteiger charge is 2.28. The lowest BCUT2D eigenvalue weighted by Crippen LogP contribution is -2.34. The first kappa shape index (κ1) is 22.7. The van der Waals surface area contributed by atoms with E-state index < -0.39 is 24.7 Å². The molecule has 0 aromatic heterocycles. The number of rotatable bonds is 11. The SMILES string of the molecule is CC(C)N(C(C)C)P(OCC[Si](C)(C)C)OCC[Si](C)(C)C. The molecule has 0 aromatic carbocycles. The highest BCUT2D eigenvalue weighted by Crippen LogP contribution is 2.46. The van der Waals surface area contributed by atoms with Crippen LogP contribution >= 0.6 is 8.53 Å². The van der Waals surface area contributed by atoms with Crippen molar-refractivity contribution in [2.24, 2.45) is 0 Å². The van der Waals surface area contributed by atoms with Gasteiger partial charge in [0.05, 0.1) is 13.2 Å². The zero-order valence-electron chi connectivity index (χ0n) is 16.7. The van der Waals surface area contributed by atoms with Gasteiger partial charge in [0.2, 0.25) is 0 Å². The maximum Gasteiger partial charge on any atom is 0.259 e. The van der Waals surface area contributed by atoms with Crippen molar-refractivity contribution in [3.8, 4) is 0 Å². The van der Waals surface area contributed by atoms with Crippen molar-refractivity contribution in [1.82, 2.24) is 4.67 Å². The second-order valence-electron chi connectivity index (χ2n) is 9.09. The summed E-state index contributed by atoms with van der Waals surface area (Å²) in [5.74, 6) is 0. The zero-order valence-corrected chi connectivity index (χ0v) is 19.6. The van der Waals surface area contributed by atoms with Gasteiger partial charge >= 0.3 is 0 Å². The molecule has 0 rings (SSSR count). The largest absolute Gasteiger partial charge is 0.322 e. The van der Waals surface area contributed by atoms with Crippen molar-refractivity contribution in [3.63, 3.8) is 0 Å². The molecule has 0 saturated heterocycles. The Morgan fingerprint density at radius 1 is 0.727 bits per heavy atom. The fourth-order valence-electron chi connectivity index (χ4n) is 2.00. The predicted octanol–water partition coefficient (Wildman–Crippen LogP) is 6.04. The molecule has 0 spiro atoms. The minimum atomic E-state index is -1.06. The molecule has 0 fully saturated rings. The van der Waals surface area contributed by atoms with Crippen LogP contribution in [0.4, 0.5) is 0 Å². The zero-order chi connectivity index (χ0) is 17.6. The van der Waals surface area contributed by atoms with Gasteiger partial charge in [0.1, 0.15) is 0 Å². The molecule has 0 aromatic rings. The number of hydrogen-bond acceptors (Lipinski definition) is 3. The van der Waals surface area contributed by atoms with Crippen LogP contribution in [0, 0.1) is 0 Å². The third kappa shape index (κ3) is 11.3. The normalized spacial score (nSPS) is 13.9. The second-order valence-corrected chi connectivity index (χ2v) is 21.8. The Labute approximate surface area is 143 Å². The van der Waals surface area contributed by atoms with Gasteiger partial charge in [0, 0.05) is 28.2 Å². The topological polar surface area (TPSA) is 21.7 Å².